The lowest BCUT2D eigenvalue weighted by atomic mass is 10.00. The van der Waals surface area contributed by atoms with Crippen molar-refractivity contribution in [2.45, 2.75) is 90.9 Å². The Morgan fingerprint density at radius 3 is 2.08 bits per heavy atom. The number of unbranched alkanes of at least 4 members (excludes halogenated alkanes) is 9. The molecule has 0 amide bonds. The molecule has 1 fully saturated rings. The Morgan fingerprint density at radius 1 is 1.04 bits per heavy atom. The fraction of sp³-hybridized carbons (Fsp3) is 0.900. The largest absolute Gasteiger partial charge is 0.422 e. The summed E-state index contributed by atoms with van der Waals surface area (Å²) in [6.45, 7) is 9.06. The van der Waals surface area contributed by atoms with Gasteiger partial charge in [-0.25, -0.2) is 0 Å². The minimum Gasteiger partial charge on any atom is -0.422 e. The molecule has 0 radical (unpaired) electrons. The van der Waals surface area contributed by atoms with Crippen molar-refractivity contribution in [3.8, 4) is 6.19 Å². The second kappa shape index (κ2) is 18.2. The highest BCUT2D eigenvalue weighted by Gasteiger charge is 2.18. The standard InChI is InChI=1S/C18H37N.C2N3/c1-3-4-5-6-7-8-9-10-11-12-15-19-16-13-14-18(2)17-19;3-1-5-2-4/h18H,3-17H2,1-2H3;/q;-1/p+1. The number of hydrogen-bond acceptors (Lipinski definition) is 2. The molecule has 24 heavy (non-hydrogen) atoms. The van der Waals surface area contributed by atoms with Crippen molar-refractivity contribution in [1.82, 2.24) is 0 Å². The lowest BCUT2D eigenvalue weighted by molar-refractivity contribution is -0.908. The highest BCUT2D eigenvalue weighted by atomic mass is 15.1. The molecule has 0 aromatic rings. The van der Waals surface area contributed by atoms with Crippen LogP contribution < -0.4 is 4.90 Å². The van der Waals surface area contributed by atoms with Gasteiger partial charge in [0, 0.05) is 5.92 Å². The molecular formula is C20H38N4. The van der Waals surface area contributed by atoms with Crippen LogP contribution in [0.25, 0.3) is 5.41 Å². The highest BCUT2D eigenvalue weighted by molar-refractivity contribution is 5.46. The summed E-state index contributed by atoms with van der Waals surface area (Å²) in [5.74, 6) is 0.979. The van der Waals surface area contributed by atoms with Gasteiger partial charge in [-0.2, -0.15) is 5.26 Å². The smallest absolute Gasteiger partial charge is 0.0925 e. The van der Waals surface area contributed by atoms with Crippen LogP contribution in [0.1, 0.15) is 90.9 Å². The van der Waals surface area contributed by atoms with Gasteiger partial charge in [0.15, 0.2) is 0 Å². The van der Waals surface area contributed by atoms with Crippen LogP contribution in [-0.4, -0.2) is 25.6 Å². The number of piperidine rings is 1. The molecule has 1 aliphatic heterocycles. The zero-order valence-electron chi connectivity index (χ0n) is 16.0. The number of nitriles is 1. The first-order chi connectivity index (χ1) is 11.7. The van der Waals surface area contributed by atoms with E-state index in [0.29, 0.717) is 0 Å². The summed E-state index contributed by atoms with van der Waals surface area (Å²) in [6, 6.07) is 1.28. The van der Waals surface area contributed by atoms with E-state index in [1.807, 2.05) is 4.90 Å². The molecule has 1 N–H and O–H groups in total. The zero-order chi connectivity index (χ0) is 17.9. The molecule has 2 atom stereocenters. The first-order valence-corrected chi connectivity index (χ1v) is 10.1. The number of rotatable bonds is 11. The molecule has 0 aromatic heterocycles. The van der Waals surface area contributed by atoms with Crippen LogP contribution >= 0.6 is 0 Å². The zero-order valence-corrected chi connectivity index (χ0v) is 16.0. The minimum absolute atomic E-state index is 0.979. The number of nitrogens with one attached hydrogen (secondary N) is 1. The van der Waals surface area contributed by atoms with Crippen LogP contribution in [0.3, 0.4) is 0 Å². The van der Waals surface area contributed by atoms with Gasteiger partial charge in [0.25, 0.3) is 0 Å². The third-order valence-electron chi connectivity index (χ3n) is 4.85. The minimum atomic E-state index is 0.979. The molecule has 138 valence electrons. The number of nitrogens with zero attached hydrogens (tertiary/aromatic N) is 3. The molecule has 1 aliphatic rings. The van der Waals surface area contributed by atoms with Crippen LogP contribution in [-0.2, 0) is 0 Å². The average Bonchev–Trinajstić information content (AvgIpc) is 2.58. The Morgan fingerprint density at radius 2 is 1.62 bits per heavy atom. The van der Waals surface area contributed by atoms with Crippen LogP contribution in [0.4, 0.5) is 0 Å². The van der Waals surface area contributed by atoms with Gasteiger partial charge in [-0.1, -0.05) is 65.2 Å². The Kier molecular flexibility index (Phi) is 17.3. The predicted molar refractivity (Wildman–Crippen MR) is 102 cm³/mol. The summed E-state index contributed by atoms with van der Waals surface area (Å²) in [4.78, 5) is 4.47. The first kappa shape index (κ1) is 22.8. The summed E-state index contributed by atoms with van der Waals surface area (Å²) < 4.78 is 0. The average molecular weight is 335 g/mol. The number of quaternary nitrogens is 1. The summed E-state index contributed by atoms with van der Waals surface area (Å²) in [5.41, 5.74) is 0. The molecule has 1 rings (SSSR count). The Hall–Kier alpha value is -1.17. The van der Waals surface area contributed by atoms with Crippen molar-refractivity contribution in [3.63, 3.8) is 0 Å². The fourth-order valence-electron chi connectivity index (χ4n) is 3.51. The Labute approximate surface area is 149 Å². The van der Waals surface area contributed by atoms with Gasteiger partial charge < -0.3 is 15.3 Å². The van der Waals surface area contributed by atoms with Gasteiger partial charge >= 0.3 is 0 Å². The first-order valence-electron chi connectivity index (χ1n) is 10.1. The number of hydrogen-bond donors (Lipinski definition) is 1. The van der Waals surface area contributed by atoms with Crippen LogP contribution in [0, 0.1) is 17.4 Å². The molecule has 2 unspecified atom stereocenters. The SMILES string of the molecule is CCCCCCCCCCCC[NH+]1CCCC(C)C1.N#CN=C=[N-]. The number of aliphatic imine (C=N–C) groups is 1. The fourth-order valence-corrected chi connectivity index (χ4v) is 3.51. The van der Waals surface area contributed by atoms with Crippen molar-refractivity contribution in [2.75, 3.05) is 19.6 Å². The summed E-state index contributed by atoms with van der Waals surface area (Å²) in [6.07, 6.45) is 18.9. The van der Waals surface area contributed by atoms with E-state index < -0.39 is 0 Å². The van der Waals surface area contributed by atoms with E-state index in [-0.39, 0.29) is 0 Å². The van der Waals surface area contributed by atoms with Crippen LogP contribution in [0.5, 0.6) is 0 Å². The van der Waals surface area contributed by atoms with Crippen LogP contribution in [0.15, 0.2) is 4.99 Å². The maximum absolute atomic E-state index is 7.43. The van der Waals surface area contributed by atoms with Gasteiger partial charge in [-0.15, -0.1) is 6.01 Å². The predicted octanol–water partition coefficient (Wildman–Crippen LogP) is 4.43. The van der Waals surface area contributed by atoms with E-state index in [2.05, 4.69) is 18.8 Å². The van der Waals surface area contributed by atoms with Crippen molar-refractivity contribution in [1.29, 1.82) is 5.26 Å². The lowest BCUT2D eigenvalue weighted by Gasteiger charge is -2.27. The van der Waals surface area contributed by atoms with Gasteiger partial charge in [0.1, 0.15) is 0 Å². The van der Waals surface area contributed by atoms with Gasteiger partial charge in [-0.3, -0.25) is 0 Å². The van der Waals surface area contributed by atoms with Crippen LogP contribution in [0.2, 0.25) is 0 Å². The van der Waals surface area contributed by atoms with Crippen molar-refractivity contribution in [2.24, 2.45) is 10.9 Å². The third-order valence-corrected chi connectivity index (χ3v) is 4.85. The summed E-state index contributed by atoms with van der Waals surface area (Å²) >= 11 is 0. The summed E-state index contributed by atoms with van der Waals surface area (Å²) in [5, 5.41) is 14.9. The molecule has 4 heteroatoms. The monoisotopic (exact) mass is 334 g/mol. The molecule has 0 aliphatic carbocycles. The second-order valence-corrected chi connectivity index (χ2v) is 7.20. The Balaban J connectivity index is 0.000000922. The Bertz CT molecular complexity index is 355. The molecule has 0 spiro atoms. The highest BCUT2D eigenvalue weighted by Crippen LogP contribution is 2.10. The van der Waals surface area contributed by atoms with E-state index in [9.17, 15) is 0 Å². The summed E-state index contributed by atoms with van der Waals surface area (Å²) in [7, 11) is 0. The number of likely N-dealkylation sites (tertiary alicyclic amines) is 1. The van der Waals surface area contributed by atoms with Gasteiger partial charge in [-0.05, 0) is 25.7 Å². The molecule has 0 aromatic carbocycles. The van der Waals surface area contributed by atoms with E-state index in [4.69, 9.17) is 10.7 Å². The molecular weight excluding hydrogens is 296 g/mol. The quantitative estimate of drug-likeness (QED) is 0.339. The maximum atomic E-state index is 7.43. The molecule has 4 nitrogen and oxygen atoms in total. The van der Waals surface area contributed by atoms with E-state index in [1.54, 1.807) is 0 Å². The topological polar surface area (TPSA) is 62.9 Å². The van der Waals surface area contributed by atoms with Crippen molar-refractivity contribution in [3.05, 3.63) is 5.41 Å². The molecule has 0 bridgehead atoms. The van der Waals surface area contributed by atoms with Crippen molar-refractivity contribution < 1.29 is 4.90 Å². The maximum Gasteiger partial charge on any atom is 0.0925 e. The van der Waals surface area contributed by atoms with Gasteiger partial charge in [0.2, 0.25) is 0 Å². The molecule has 1 heterocycles. The normalized spacial score (nSPS) is 19.5. The van der Waals surface area contributed by atoms with E-state index >= 15 is 0 Å². The van der Waals surface area contributed by atoms with Gasteiger partial charge in [0.05, 0.1) is 25.8 Å². The third kappa shape index (κ3) is 15.7. The second-order valence-electron chi connectivity index (χ2n) is 7.20. The van der Waals surface area contributed by atoms with E-state index in [0.717, 1.165) is 5.92 Å². The molecule has 0 saturated carbocycles. The van der Waals surface area contributed by atoms with Crippen molar-refractivity contribution >= 4 is 6.01 Å². The lowest BCUT2D eigenvalue weighted by Crippen LogP contribution is -3.13. The van der Waals surface area contributed by atoms with E-state index in [1.165, 1.54) is 109 Å². The molecule has 1 saturated heterocycles.